The second-order valence-corrected chi connectivity index (χ2v) is 6.57. The Morgan fingerprint density at radius 1 is 1.08 bits per heavy atom. The Morgan fingerprint density at radius 2 is 1.73 bits per heavy atom. The summed E-state index contributed by atoms with van der Waals surface area (Å²) in [7, 11) is 0. The molecule has 0 spiro atoms. The van der Waals surface area contributed by atoms with Crippen LogP contribution in [0.15, 0.2) is 60.2 Å². The zero-order valence-electron chi connectivity index (χ0n) is 14.5. The number of rotatable bonds is 4. The third-order valence-electron chi connectivity index (χ3n) is 3.91. The van der Waals surface area contributed by atoms with Crippen LogP contribution >= 0.6 is 11.6 Å². The minimum atomic E-state index is -0.709. The van der Waals surface area contributed by atoms with Crippen LogP contribution in [0.1, 0.15) is 31.0 Å². The third-order valence-corrected chi connectivity index (χ3v) is 4.26. The van der Waals surface area contributed by atoms with Crippen LogP contribution in [-0.4, -0.2) is 18.1 Å². The third kappa shape index (κ3) is 3.73. The molecule has 26 heavy (non-hydrogen) atoms. The summed E-state index contributed by atoms with van der Waals surface area (Å²) < 4.78 is 5.44. The summed E-state index contributed by atoms with van der Waals surface area (Å²) in [4.78, 5) is 25.2. The number of nitrogens with one attached hydrogen (secondary N) is 2. The van der Waals surface area contributed by atoms with Crippen molar-refractivity contribution in [2.75, 3.05) is 0 Å². The largest absolute Gasteiger partial charge is 0.459 e. The van der Waals surface area contributed by atoms with Crippen molar-refractivity contribution in [3.63, 3.8) is 0 Å². The lowest BCUT2D eigenvalue weighted by molar-refractivity contribution is -0.143. The van der Waals surface area contributed by atoms with E-state index in [4.69, 9.17) is 16.3 Å². The first-order chi connectivity index (χ1) is 12.5. The lowest BCUT2D eigenvalue weighted by Crippen LogP contribution is -2.45. The van der Waals surface area contributed by atoms with Crippen molar-refractivity contribution in [2.24, 2.45) is 0 Å². The average molecular weight is 371 g/mol. The molecule has 1 heterocycles. The van der Waals surface area contributed by atoms with Crippen LogP contribution < -0.4 is 10.6 Å². The fourth-order valence-corrected chi connectivity index (χ4v) is 3.08. The van der Waals surface area contributed by atoms with E-state index in [-0.39, 0.29) is 6.10 Å². The molecule has 1 atom stereocenters. The zero-order valence-corrected chi connectivity index (χ0v) is 15.2. The van der Waals surface area contributed by atoms with E-state index in [2.05, 4.69) is 10.6 Å². The molecule has 0 aromatic heterocycles. The fourth-order valence-electron chi connectivity index (χ4n) is 2.84. The number of amides is 2. The minimum Gasteiger partial charge on any atom is -0.459 e. The van der Waals surface area contributed by atoms with E-state index in [9.17, 15) is 9.59 Å². The average Bonchev–Trinajstić information content (AvgIpc) is 2.61. The lowest BCUT2D eigenvalue weighted by Gasteiger charge is -2.30. The first kappa shape index (κ1) is 18.0. The Hall–Kier alpha value is -2.79. The summed E-state index contributed by atoms with van der Waals surface area (Å²) in [6.45, 7) is 3.56. The van der Waals surface area contributed by atoms with Gasteiger partial charge in [-0.25, -0.2) is 9.59 Å². The SMILES string of the molecule is CC(C)OC(=O)C1=C(c2ccccc2)NC(=O)NC1c1ccccc1Cl. The molecule has 0 saturated heterocycles. The molecule has 0 radical (unpaired) electrons. The highest BCUT2D eigenvalue weighted by atomic mass is 35.5. The van der Waals surface area contributed by atoms with Crippen LogP contribution in [0.5, 0.6) is 0 Å². The van der Waals surface area contributed by atoms with Gasteiger partial charge in [-0.2, -0.15) is 0 Å². The predicted octanol–water partition coefficient (Wildman–Crippen LogP) is 4.06. The van der Waals surface area contributed by atoms with Crippen LogP contribution in [0.3, 0.4) is 0 Å². The van der Waals surface area contributed by atoms with Crippen molar-refractivity contribution in [1.29, 1.82) is 0 Å². The molecule has 0 saturated carbocycles. The summed E-state index contributed by atoms with van der Waals surface area (Å²) in [6, 6.07) is 15.2. The summed E-state index contributed by atoms with van der Waals surface area (Å²) in [6.07, 6.45) is -0.295. The van der Waals surface area contributed by atoms with Crippen molar-refractivity contribution in [1.82, 2.24) is 10.6 Å². The van der Waals surface area contributed by atoms with Crippen LogP contribution in [0, 0.1) is 0 Å². The molecule has 1 unspecified atom stereocenters. The molecule has 2 aromatic carbocycles. The number of ether oxygens (including phenoxy) is 1. The van der Waals surface area contributed by atoms with Gasteiger partial charge in [-0.3, -0.25) is 0 Å². The second kappa shape index (κ2) is 7.62. The fraction of sp³-hybridized carbons (Fsp3) is 0.200. The van der Waals surface area contributed by atoms with E-state index >= 15 is 0 Å². The minimum absolute atomic E-state index is 0.295. The van der Waals surface area contributed by atoms with Crippen LogP contribution in [-0.2, 0) is 9.53 Å². The Labute approximate surface area is 157 Å². The van der Waals surface area contributed by atoms with Gasteiger partial charge in [0.15, 0.2) is 0 Å². The number of hydrogen-bond acceptors (Lipinski definition) is 3. The summed E-state index contributed by atoms with van der Waals surface area (Å²) >= 11 is 6.33. The molecule has 0 fully saturated rings. The van der Waals surface area contributed by atoms with Crippen molar-refractivity contribution >= 4 is 29.3 Å². The second-order valence-electron chi connectivity index (χ2n) is 6.16. The first-order valence-electron chi connectivity index (χ1n) is 8.30. The molecule has 6 heteroatoms. The molecule has 1 aliphatic heterocycles. The van der Waals surface area contributed by atoms with E-state index in [0.717, 1.165) is 5.56 Å². The maximum absolute atomic E-state index is 12.9. The molecule has 2 amide bonds. The quantitative estimate of drug-likeness (QED) is 0.797. The van der Waals surface area contributed by atoms with Gasteiger partial charge >= 0.3 is 12.0 Å². The number of halogens is 1. The number of carbonyl (C=O) groups is 2. The van der Waals surface area contributed by atoms with Crippen LogP contribution in [0.25, 0.3) is 5.70 Å². The zero-order chi connectivity index (χ0) is 18.7. The molecule has 3 rings (SSSR count). The maximum Gasteiger partial charge on any atom is 0.338 e. The highest BCUT2D eigenvalue weighted by Crippen LogP contribution is 2.35. The Balaban J connectivity index is 2.20. The molecule has 134 valence electrons. The molecule has 0 bridgehead atoms. The summed E-state index contributed by atoms with van der Waals surface area (Å²) in [5.74, 6) is -0.503. The van der Waals surface area contributed by atoms with E-state index in [1.807, 2.05) is 36.4 Å². The smallest absolute Gasteiger partial charge is 0.338 e. The lowest BCUT2D eigenvalue weighted by atomic mass is 9.92. The van der Waals surface area contributed by atoms with Crippen molar-refractivity contribution in [2.45, 2.75) is 26.0 Å². The number of hydrogen-bond donors (Lipinski definition) is 2. The highest BCUT2D eigenvalue weighted by molar-refractivity contribution is 6.31. The monoisotopic (exact) mass is 370 g/mol. The number of esters is 1. The van der Waals surface area contributed by atoms with E-state index in [1.54, 1.807) is 32.0 Å². The van der Waals surface area contributed by atoms with E-state index in [1.165, 1.54) is 0 Å². The van der Waals surface area contributed by atoms with Crippen molar-refractivity contribution in [3.05, 3.63) is 76.3 Å². The Morgan fingerprint density at radius 3 is 2.38 bits per heavy atom. The number of urea groups is 1. The van der Waals surface area contributed by atoms with Gasteiger partial charge in [0, 0.05) is 5.02 Å². The molecule has 0 aliphatic carbocycles. The van der Waals surface area contributed by atoms with Gasteiger partial charge < -0.3 is 15.4 Å². The summed E-state index contributed by atoms with van der Waals surface area (Å²) in [5, 5.41) is 5.99. The van der Waals surface area contributed by atoms with Crippen LogP contribution in [0.4, 0.5) is 4.79 Å². The van der Waals surface area contributed by atoms with E-state index < -0.39 is 18.0 Å². The topological polar surface area (TPSA) is 67.4 Å². The van der Waals surface area contributed by atoms with Crippen molar-refractivity contribution < 1.29 is 14.3 Å². The maximum atomic E-state index is 12.9. The molecule has 2 N–H and O–H groups in total. The van der Waals surface area contributed by atoms with Gasteiger partial charge in [0.05, 0.1) is 23.4 Å². The molecular weight excluding hydrogens is 352 g/mol. The van der Waals surface area contributed by atoms with Gasteiger partial charge in [-0.05, 0) is 31.0 Å². The first-order valence-corrected chi connectivity index (χ1v) is 8.67. The standard InChI is InChI=1S/C20H19ClN2O3/c1-12(2)26-19(24)16-17(13-8-4-3-5-9-13)22-20(25)23-18(16)14-10-6-7-11-15(14)21/h3-12,18H,1-2H3,(H2,22,23,25). The van der Waals surface area contributed by atoms with Gasteiger partial charge in [0.2, 0.25) is 0 Å². The Kier molecular flexibility index (Phi) is 5.28. The number of carbonyl (C=O) groups excluding carboxylic acids is 2. The normalized spacial score (nSPS) is 16.9. The molecular formula is C20H19ClN2O3. The summed E-state index contributed by atoms with van der Waals surface area (Å²) in [5.41, 5.74) is 2.09. The number of benzene rings is 2. The predicted molar refractivity (Wildman–Crippen MR) is 100 cm³/mol. The van der Waals surface area contributed by atoms with Crippen molar-refractivity contribution in [3.8, 4) is 0 Å². The van der Waals surface area contributed by atoms with Gasteiger partial charge in [0.1, 0.15) is 0 Å². The van der Waals surface area contributed by atoms with Gasteiger partial charge in [0.25, 0.3) is 0 Å². The molecule has 2 aromatic rings. The molecule has 1 aliphatic rings. The highest BCUT2D eigenvalue weighted by Gasteiger charge is 2.35. The Bertz CT molecular complexity index is 862. The van der Waals surface area contributed by atoms with E-state index in [0.29, 0.717) is 21.9 Å². The van der Waals surface area contributed by atoms with Gasteiger partial charge in [-0.15, -0.1) is 0 Å². The molecule has 5 nitrogen and oxygen atoms in total. The van der Waals surface area contributed by atoms with Crippen LogP contribution in [0.2, 0.25) is 5.02 Å². The van der Waals surface area contributed by atoms with Gasteiger partial charge in [-0.1, -0.05) is 60.1 Å².